The lowest BCUT2D eigenvalue weighted by molar-refractivity contribution is 0.0342. The van der Waals surface area contributed by atoms with E-state index >= 15 is 0 Å². The molecule has 4 aromatic carbocycles. The second-order valence-electron chi connectivity index (χ2n) is 15.2. The molecule has 1 saturated heterocycles. The number of nitrogens with zero attached hydrogens (tertiary/aromatic N) is 3. The molecule has 0 saturated carbocycles. The van der Waals surface area contributed by atoms with Crippen LogP contribution in [0.5, 0.6) is 5.75 Å². The molecule has 0 spiro atoms. The van der Waals surface area contributed by atoms with Crippen molar-refractivity contribution in [3.05, 3.63) is 113 Å². The Kier molecular flexibility index (Phi) is 12.9. The zero-order valence-electron chi connectivity index (χ0n) is 33.8. The maximum atomic E-state index is 13.5. The number of ether oxygens (including phenoxy) is 2. The first-order valence-corrected chi connectivity index (χ1v) is 19.2. The van der Waals surface area contributed by atoms with E-state index in [1.165, 1.54) is 7.11 Å². The van der Waals surface area contributed by atoms with Gasteiger partial charge in [-0.1, -0.05) is 57.0 Å². The van der Waals surface area contributed by atoms with Crippen molar-refractivity contribution < 1.29 is 23.9 Å². The quantitative estimate of drug-likeness (QED) is 0.0869. The van der Waals surface area contributed by atoms with E-state index in [9.17, 15) is 14.4 Å². The standard InChI is InChI=1S/C45H50N8O5/c1-8-29-21-31(41(54)48-28(2)27-53-17-19-58-20-18-53)24-34(22-29)50-43-47-16-15-33(49-43)23-30-13-14-38(36-12-10-9-11-35(30)36)51-44(56)52-39-26-32(45(3,4)5)25-37(40(39)57-7)42(55)46-6/h1,9-16,21-22,24-26,28H,17-20,23,27H2,2-7H3,(H,46,55)(H,48,54)(H,47,49,50)(H2,51,52,56)/t28-/m1/s1. The van der Waals surface area contributed by atoms with Crippen LogP contribution >= 0.6 is 0 Å². The number of carbonyl (C=O) groups is 3. The van der Waals surface area contributed by atoms with E-state index in [4.69, 9.17) is 20.9 Å². The first-order chi connectivity index (χ1) is 27.8. The van der Waals surface area contributed by atoms with Crippen molar-refractivity contribution in [2.24, 2.45) is 0 Å². The van der Waals surface area contributed by atoms with Crippen molar-refractivity contribution in [3.8, 4) is 18.1 Å². The molecule has 2 heterocycles. The zero-order valence-corrected chi connectivity index (χ0v) is 33.8. The average molecular weight is 783 g/mol. The van der Waals surface area contributed by atoms with Crippen LogP contribution in [0.25, 0.3) is 10.8 Å². The Morgan fingerprint density at radius 1 is 0.948 bits per heavy atom. The molecular formula is C45H50N8O5. The van der Waals surface area contributed by atoms with Gasteiger partial charge in [-0.2, -0.15) is 0 Å². The molecule has 300 valence electrons. The summed E-state index contributed by atoms with van der Waals surface area (Å²) < 4.78 is 11.1. The fraction of sp³-hybridized carbons (Fsp3) is 0.311. The van der Waals surface area contributed by atoms with Gasteiger partial charge in [0.2, 0.25) is 5.95 Å². The number of hydrogen-bond acceptors (Lipinski definition) is 9. The van der Waals surface area contributed by atoms with Crippen molar-refractivity contribution >= 4 is 51.6 Å². The lowest BCUT2D eigenvalue weighted by Crippen LogP contribution is -2.46. The summed E-state index contributed by atoms with van der Waals surface area (Å²) >= 11 is 0. The summed E-state index contributed by atoms with van der Waals surface area (Å²) in [4.78, 5) is 51.1. The third-order valence-corrected chi connectivity index (χ3v) is 9.86. The van der Waals surface area contributed by atoms with E-state index in [2.05, 4.69) is 42.4 Å². The topological polar surface area (TPSA) is 159 Å². The van der Waals surface area contributed by atoms with Crippen molar-refractivity contribution in [2.45, 2.75) is 45.6 Å². The molecule has 1 fully saturated rings. The number of carbonyl (C=O) groups excluding carboxylic acids is 3. The Labute approximate surface area is 339 Å². The molecular weight excluding hydrogens is 733 g/mol. The van der Waals surface area contributed by atoms with Crippen LogP contribution in [0.3, 0.4) is 0 Å². The number of hydrogen-bond donors (Lipinski definition) is 5. The molecule has 1 aliphatic rings. The van der Waals surface area contributed by atoms with Gasteiger partial charge < -0.3 is 36.1 Å². The molecule has 0 bridgehead atoms. The minimum atomic E-state index is -0.492. The first-order valence-electron chi connectivity index (χ1n) is 19.2. The highest BCUT2D eigenvalue weighted by molar-refractivity contribution is 6.08. The SMILES string of the molecule is C#Cc1cc(Nc2nccc(Cc3ccc(NC(=O)Nc4cc(C(C)(C)C)cc(C(=O)NC)c4OC)c4ccccc34)n2)cc(C(=O)N[C@H](C)CN2CCOCC2)c1. The molecule has 5 N–H and O–H groups in total. The number of morpholine rings is 1. The van der Waals surface area contributed by atoms with E-state index in [0.717, 1.165) is 47.2 Å². The van der Waals surface area contributed by atoms with Gasteiger partial charge in [-0.25, -0.2) is 14.8 Å². The highest BCUT2D eigenvalue weighted by Crippen LogP contribution is 2.36. The summed E-state index contributed by atoms with van der Waals surface area (Å²) in [5, 5.41) is 16.6. The zero-order chi connectivity index (χ0) is 41.4. The lowest BCUT2D eigenvalue weighted by atomic mass is 9.85. The van der Waals surface area contributed by atoms with Gasteiger partial charge in [0.15, 0.2) is 5.75 Å². The first kappa shape index (κ1) is 41.2. The van der Waals surface area contributed by atoms with E-state index in [1.807, 2.05) is 76.2 Å². The van der Waals surface area contributed by atoms with E-state index in [0.29, 0.717) is 59.3 Å². The monoisotopic (exact) mass is 782 g/mol. The van der Waals surface area contributed by atoms with Crippen molar-refractivity contribution in [1.29, 1.82) is 0 Å². The number of fused-ring (bicyclic) bond motifs is 1. The summed E-state index contributed by atoms with van der Waals surface area (Å²) in [6.07, 6.45) is 7.93. The van der Waals surface area contributed by atoms with Crippen molar-refractivity contribution in [2.75, 3.05) is 63.0 Å². The minimum absolute atomic E-state index is 0.0696. The largest absolute Gasteiger partial charge is 0.494 e. The molecule has 1 aromatic heterocycles. The molecule has 1 aliphatic heterocycles. The number of urea groups is 1. The predicted octanol–water partition coefficient (Wildman–Crippen LogP) is 6.71. The van der Waals surface area contributed by atoms with Crippen LogP contribution in [0.1, 0.15) is 70.8 Å². The molecule has 1 atom stereocenters. The van der Waals surface area contributed by atoms with Gasteiger partial charge in [-0.05, 0) is 71.3 Å². The third kappa shape index (κ3) is 10.1. The number of aromatic nitrogens is 2. The number of terminal acetylenes is 1. The van der Waals surface area contributed by atoms with Gasteiger partial charge in [0, 0.05) is 67.5 Å². The molecule has 0 aliphatic carbocycles. The van der Waals surface area contributed by atoms with Gasteiger partial charge >= 0.3 is 6.03 Å². The Morgan fingerprint density at radius 3 is 2.40 bits per heavy atom. The summed E-state index contributed by atoms with van der Waals surface area (Å²) in [6.45, 7) is 11.9. The van der Waals surface area contributed by atoms with Crippen LogP contribution < -0.4 is 31.3 Å². The van der Waals surface area contributed by atoms with Gasteiger partial charge in [-0.3, -0.25) is 14.5 Å². The minimum Gasteiger partial charge on any atom is -0.494 e. The van der Waals surface area contributed by atoms with E-state index in [-0.39, 0.29) is 29.0 Å². The van der Waals surface area contributed by atoms with Crippen molar-refractivity contribution in [1.82, 2.24) is 25.5 Å². The van der Waals surface area contributed by atoms with Gasteiger partial charge in [-0.15, -0.1) is 6.42 Å². The molecule has 13 nitrogen and oxygen atoms in total. The number of rotatable bonds is 12. The van der Waals surface area contributed by atoms with Crippen LogP contribution in [0.15, 0.2) is 79.0 Å². The summed E-state index contributed by atoms with van der Waals surface area (Å²) in [6, 6.07) is 21.7. The molecule has 13 heteroatoms. The number of methoxy groups -OCH3 is 1. The van der Waals surface area contributed by atoms with Gasteiger partial charge in [0.05, 0.1) is 43.0 Å². The van der Waals surface area contributed by atoms with Crippen molar-refractivity contribution in [3.63, 3.8) is 0 Å². The number of anilines is 4. The molecule has 58 heavy (non-hydrogen) atoms. The maximum absolute atomic E-state index is 13.5. The van der Waals surface area contributed by atoms with E-state index in [1.54, 1.807) is 37.5 Å². The Balaban J connectivity index is 1.18. The second kappa shape index (κ2) is 18.2. The fourth-order valence-electron chi connectivity index (χ4n) is 6.90. The van der Waals surface area contributed by atoms with Gasteiger partial charge in [0.25, 0.3) is 11.8 Å². The number of nitrogens with one attached hydrogen (secondary N) is 5. The fourth-order valence-corrected chi connectivity index (χ4v) is 6.90. The Hall–Kier alpha value is -6.49. The average Bonchev–Trinajstić information content (AvgIpc) is 3.21. The predicted molar refractivity (Wildman–Crippen MR) is 228 cm³/mol. The van der Waals surface area contributed by atoms with Crippen LogP contribution in [0, 0.1) is 12.3 Å². The summed E-state index contributed by atoms with van der Waals surface area (Å²) in [5.74, 6) is 2.72. The van der Waals surface area contributed by atoms with Crippen LogP contribution in [0.4, 0.5) is 27.8 Å². The molecule has 0 radical (unpaired) electrons. The molecule has 4 amide bonds. The smallest absolute Gasteiger partial charge is 0.323 e. The highest BCUT2D eigenvalue weighted by Gasteiger charge is 2.24. The maximum Gasteiger partial charge on any atom is 0.323 e. The number of benzene rings is 4. The van der Waals surface area contributed by atoms with E-state index < -0.39 is 6.03 Å². The Bertz CT molecular complexity index is 2360. The molecule has 0 unspecified atom stereocenters. The summed E-state index contributed by atoms with van der Waals surface area (Å²) in [5.41, 5.74) is 5.17. The highest BCUT2D eigenvalue weighted by atomic mass is 16.5. The Morgan fingerprint density at radius 2 is 1.69 bits per heavy atom. The van der Waals surface area contributed by atoms with Gasteiger partial charge in [0.1, 0.15) is 0 Å². The van der Waals surface area contributed by atoms with Crippen LogP contribution in [-0.2, 0) is 16.6 Å². The van der Waals surface area contributed by atoms with Crippen LogP contribution in [0.2, 0.25) is 0 Å². The number of amides is 4. The second-order valence-corrected chi connectivity index (χ2v) is 15.2. The van der Waals surface area contributed by atoms with Crippen LogP contribution in [-0.4, -0.2) is 85.8 Å². The third-order valence-electron chi connectivity index (χ3n) is 9.86. The normalized spacial score (nSPS) is 13.5. The summed E-state index contributed by atoms with van der Waals surface area (Å²) in [7, 11) is 3.02. The lowest BCUT2D eigenvalue weighted by Gasteiger charge is -2.29. The molecule has 6 rings (SSSR count). The molecule has 5 aromatic rings.